The molecule has 5 rings (SSSR count). The molecule has 4 aliphatic heterocycles. The van der Waals surface area contributed by atoms with Crippen LogP contribution in [-0.2, 0) is 30.3 Å². The SMILES string of the molecule is CC[C@@]12/C=C\CCCOC(=O)[C@@H]1[C@H]1C(=O)N([C@@H](CO)Cc3ccccc3)C3C(=O)N(C(C)(C)CC(C)(C)C)CC=C[C@@]31O2. The van der Waals surface area contributed by atoms with Crippen LogP contribution in [0.3, 0.4) is 0 Å². The number of cyclic esters (lactones) is 1. The van der Waals surface area contributed by atoms with Crippen LogP contribution in [0.5, 0.6) is 0 Å². The van der Waals surface area contributed by atoms with Gasteiger partial charge in [0.2, 0.25) is 11.8 Å². The Hall–Kier alpha value is -2.97. The number of esters is 1. The summed E-state index contributed by atoms with van der Waals surface area (Å²) >= 11 is 0. The van der Waals surface area contributed by atoms with Crippen molar-refractivity contribution < 1.29 is 29.0 Å². The van der Waals surface area contributed by atoms with E-state index in [9.17, 15) is 19.5 Å². The number of aliphatic hydroxyl groups is 1. The van der Waals surface area contributed by atoms with Crippen LogP contribution < -0.4 is 0 Å². The lowest BCUT2D eigenvalue weighted by Gasteiger charge is -2.46. The van der Waals surface area contributed by atoms with E-state index in [1.807, 2.05) is 66.5 Å². The third-order valence-electron chi connectivity index (χ3n) is 9.68. The molecule has 1 aromatic rings. The number of hydrogen-bond acceptors (Lipinski definition) is 6. The third kappa shape index (κ3) is 5.46. The molecule has 0 aromatic heterocycles. The molecule has 0 saturated carbocycles. The molecule has 0 radical (unpaired) electrons. The summed E-state index contributed by atoms with van der Waals surface area (Å²) in [5.74, 6) is -2.93. The van der Waals surface area contributed by atoms with Crippen LogP contribution in [0, 0.1) is 17.3 Å². The van der Waals surface area contributed by atoms with Gasteiger partial charge in [0.15, 0.2) is 0 Å². The maximum absolute atomic E-state index is 15.0. The molecule has 0 bridgehead atoms. The van der Waals surface area contributed by atoms with Crippen molar-refractivity contribution in [3.63, 3.8) is 0 Å². The lowest BCUT2D eigenvalue weighted by molar-refractivity contribution is -0.164. The van der Waals surface area contributed by atoms with E-state index in [2.05, 4.69) is 34.6 Å². The molecule has 43 heavy (non-hydrogen) atoms. The minimum Gasteiger partial charge on any atom is -0.465 e. The molecule has 4 heterocycles. The van der Waals surface area contributed by atoms with Crippen molar-refractivity contribution in [1.82, 2.24) is 9.80 Å². The first-order valence-corrected chi connectivity index (χ1v) is 15.8. The van der Waals surface area contributed by atoms with Gasteiger partial charge < -0.3 is 24.4 Å². The third-order valence-corrected chi connectivity index (χ3v) is 9.68. The van der Waals surface area contributed by atoms with Crippen molar-refractivity contribution >= 4 is 17.8 Å². The van der Waals surface area contributed by atoms with E-state index >= 15 is 0 Å². The summed E-state index contributed by atoms with van der Waals surface area (Å²) in [7, 11) is 0. The Balaban J connectivity index is 1.68. The van der Waals surface area contributed by atoms with Gasteiger partial charge in [-0.2, -0.15) is 0 Å². The number of hydrogen-bond donors (Lipinski definition) is 1. The standard InChI is InChI=1S/C35H48N2O6/c1-7-34-17-12-9-13-20-42-31(41)27(34)26-29(39)37(25(22-38)21-24-15-10-8-11-16-24)28-30(40)36(19-14-18-35(26,28)43-34)33(5,6)23-32(2,3)4/h8,10-12,14-18,25-28,38H,7,9,13,19-23H2,1-6H3/b17-12-/t25-,26+,27+,28?,34-,35+/m1/s1. The Morgan fingerprint density at radius 2 is 1.72 bits per heavy atom. The van der Waals surface area contributed by atoms with Crippen molar-refractivity contribution in [2.24, 2.45) is 17.3 Å². The summed E-state index contributed by atoms with van der Waals surface area (Å²) in [4.78, 5) is 47.1. The van der Waals surface area contributed by atoms with Gasteiger partial charge in [0, 0.05) is 12.1 Å². The highest BCUT2D eigenvalue weighted by molar-refractivity contribution is 5.99. The fourth-order valence-electron chi connectivity index (χ4n) is 8.28. The number of carbonyl (C=O) groups excluding carboxylic acids is 3. The summed E-state index contributed by atoms with van der Waals surface area (Å²) in [6.07, 6.45) is 10.7. The summed E-state index contributed by atoms with van der Waals surface area (Å²) < 4.78 is 12.8. The monoisotopic (exact) mass is 592 g/mol. The van der Waals surface area contributed by atoms with Crippen LogP contribution in [0.15, 0.2) is 54.6 Å². The smallest absolute Gasteiger partial charge is 0.313 e. The number of fused-ring (bicyclic) bond motifs is 2. The van der Waals surface area contributed by atoms with Gasteiger partial charge in [0.1, 0.15) is 23.2 Å². The molecule has 2 saturated heterocycles. The molecule has 234 valence electrons. The second kappa shape index (κ2) is 11.5. The van der Waals surface area contributed by atoms with Crippen molar-refractivity contribution in [3.8, 4) is 0 Å². The molecule has 1 N–H and O–H groups in total. The fraction of sp³-hybridized carbons (Fsp3) is 0.629. The minimum atomic E-state index is -1.39. The van der Waals surface area contributed by atoms with Gasteiger partial charge in [-0.3, -0.25) is 14.4 Å². The van der Waals surface area contributed by atoms with E-state index in [1.54, 1.807) is 4.90 Å². The van der Waals surface area contributed by atoms with Gasteiger partial charge in [-0.1, -0.05) is 82.3 Å². The molecule has 1 unspecified atom stereocenters. The van der Waals surface area contributed by atoms with E-state index in [1.165, 1.54) is 0 Å². The van der Waals surface area contributed by atoms with E-state index in [-0.39, 0.29) is 30.4 Å². The Kier molecular flexibility index (Phi) is 8.42. The molecule has 1 aromatic carbocycles. The highest BCUT2D eigenvalue weighted by Gasteiger charge is 2.76. The van der Waals surface area contributed by atoms with Gasteiger partial charge in [0.25, 0.3) is 0 Å². The second-order valence-electron chi connectivity index (χ2n) is 14.5. The quantitative estimate of drug-likeness (QED) is 0.371. The molecule has 6 atom stereocenters. The molecule has 1 spiro atoms. The van der Waals surface area contributed by atoms with Crippen molar-refractivity contribution in [2.45, 2.75) is 102 Å². The normalized spacial score (nSPS) is 32.6. The van der Waals surface area contributed by atoms with Gasteiger partial charge in [-0.25, -0.2) is 0 Å². The van der Waals surface area contributed by atoms with Crippen LogP contribution in [0.25, 0.3) is 0 Å². The second-order valence-corrected chi connectivity index (χ2v) is 14.5. The lowest BCUT2D eigenvalue weighted by Crippen LogP contribution is -2.62. The molecule has 0 aliphatic carbocycles. The molecular weight excluding hydrogens is 544 g/mol. The average molecular weight is 593 g/mol. The van der Waals surface area contributed by atoms with E-state index in [4.69, 9.17) is 9.47 Å². The summed E-state index contributed by atoms with van der Waals surface area (Å²) in [6.45, 7) is 12.8. The van der Waals surface area contributed by atoms with Crippen LogP contribution in [-0.4, -0.2) is 81.3 Å². The molecular formula is C35H48N2O6. The van der Waals surface area contributed by atoms with Gasteiger partial charge >= 0.3 is 5.97 Å². The highest BCUT2D eigenvalue weighted by Crippen LogP contribution is 2.59. The number of ether oxygens (including phenoxy) is 2. The molecule has 4 aliphatic rings. The number of nitrogens with zero attached hydrogens (tertiary/aromatic N) is 2. The number of amides is 2. The number of rotatable bonds is 7. The largest absolute Gasteiger partial charge is 0.465 e. The molecule has 2 amide bonds. The maximum atomic E-state index is 15.0. The highest BCUT2D eigenvalue weighted by atomic mass is 16.6. The zero-order valence-corrected chi connectivity index (χ0v) is 26.5. The van der Waals surface area contributed by atoms with E-state index < -0.39 is 46.6 Å². The average Bonchev–Trinajstić information content (AvgIpc) is 3.32. The number of benzene rings is 1. The van der Waals surface area contributed by atoms with Crippen molar-refractivity contribution in [2.75, 3.05) is 19.8 Å². The van der Waals surface area contributed by atoms with E-state index in [0.29, 0.717) is 25.8 Å². The molecule has 8 heteroatoms. The Morgan fingerprint density at radius 1 is 1.00 bits per heavy atom. The van der Waals surface area contributed by atoms with Crippen LogP contribution in [0.4, 0.5) is 0 Å². The Morgan fingerprint density at radius 3 is 2.37 bits per heavy atom. The first-order chi connectivity index (χ1) is 20.3. The van der Waals surface area contributed by atoms with Crippen LogP contribution in [0.2, 0.25) is 0 Å². The summed E-state index contributed by atoms with van der Waals surface area (Å²) in [5, 5.41) is 10.8. The van der Waals surface area contributed by atoms with Crippen molar-refractivity contribution in [3.05, 3.63) is 60.2 Å². The predicted octanol–water partition coefficient (Wildman–Crippen LogP) is 4.46. The summed E-state index contributed by atoms with van der Waals surface area (Å²) in [6, 6.07) is 7.92. The van der Waals surface area contributed by atoms with Crippen molar-refractivity contribution in [1.29, 1.82) is 0 Å². The Labute approximate surface area is 256 Å². The van der Waals surface area contributed by atoms with Gasteiger partial charge in [0.05, 0.1) is 25.2 Å². The first-order valence-electron chi connectivity index (χ1n) is 15.8. The number of carbonyl (C=O) groups is 3. The fourth-order valence-corrected chi connectivity index (χ4v) is 8.28. The summed E-state index contributed by atoms with van der Waals surface area (Å²) in [5.41, 5.74) is -2.14. The van der Waals surface area contributed by atoms with Crippen LogP contribution >= 0.6 is 0 Å². The minimum absolute atomic E-state index is 0.0548. The zero-order chi connectivity index (χ0) is 31.2. The topological polar surface area (TPSA) is 96.4 Å². The predicted molar refractivity (Wildman–Crippen MR) is 164 cm³/mol. The van der Waals surface area contributed by atoms with Crippen LogP contribution in [0.1, 0.15) is 72.8 Å². The first kappa shape index (κ1) is 31.5. The lowest BCUT2D eigenvalue weighted by atomic mass is 9.73. The maximum Gasteiger partial charge on any atom is 0.313 e. The van der Waals surface area contributed by atoms with Gasteiger partial charge in [-0.05, 0) is 56.9 Å². The Bertz CT molecular complexity index is 1280. The van der Waals surface area contributed by atoms with E-state index in [0.717, 1.165) is 18.4 Å². The molecule has 8 nitrogen and oxygen atoms in total. The number of allylic oxidation sites excluding steroid dienone is 1. The number of aliphatic hydroxyl groups excluding tert-OH is 1. The van der Waals surface area contributed by atoms with Gasteiger partial charge in [-0.15, -0.1) is 0 Å². The number of likely N-dealkylation sites (tertiary alicyclic amines) is 1. The molecule has 2 fully saturated rings. The zero-order valence-electron chi connectivity index (χ0n) is 26.5.